The molecule has 3 aliphatic carbocycles. The van der Waals surface area contributed by atoms with Gasteiger partial charge in [0.15, 0.2) is 0 Å². The lowest BCUT2D eigenvalue weighted by Crippen LogP contribution is -2.48. The van der Waals surface area contributed by atoms with Crippen molar-refractivity contribution in [3.8, 4) is 0 Å². The number of ether oxygens (including phenoxy) is 1. The van der Waals surface area contributed by atoms with E-state index < -0.39 is 0 Å². The Labute approximate surface area is 145 Å². The van der Waals surface area contributed by atoms with Gasteiger partial charge < -0.3 is 15.4 Å². The zero-order valence-electron chi connectivity index (χ0n) is 14.9. The normalized spacial score (nSPS) is 29.2. The molecule has 2 unspecified atom stereocenters. The lowest BCUT2D eigenvalue weighted by Gasteiger charge is -2.33. The van der Waals surface area contributed by atoms with Gasteiger partial charge in [0.05, 0.1) is 5.41 Å². The number of hydrogen-bond donors (Lipinski definition) is 2. The topological polar surface area (TPSA) is 67.4 Å². The molecule has 2 atom stereocenters. The maximum atomic E-state index is 12.9. The van der Waals surface area contributed by atoms with E-state index in [4.69, 9.17) is 4.74 Å². The lowest BCUT2D eigenvalue weighted by atomic mass is 9.80. The Morgan fingerprint density at radius 1 is 1.00 bits per heavy atom. The Kier molecular flexibility index (Phi) is 5.80. The molecule has 0 heterocycles. The summed E-state index contributed by atoms with van der Waals surface area (Å²) in [4.78, 5) is 25.2. The molecular weight excluding hydrogens is 304 g/mol. The molecule has 3 fully saturated rings. The number of hydrogen-bond acceptors (Lipinski definition) is 3. The predicted octanol–water partition coefficient (Wildman–Crippen LogP) is 2.54. The van der Waals surface area contributed by atoms with Crippen LogP contribution in [0, 0.1) is 11.3 Å². The third kappa shape index (κ3) is 4.29. The average Bonchev–Trinajstić information content (AvgIpc) is 3.26. The van der Waals surface area contributed by atoms with Crippen molar-refractivity contribution in [1.82, 2.24) is 10.6 Å². The van der Waals surface area contributed by atoms with Crippen LogP contribution in [0.25, 0.3) is 0 Å². The predicted molar refractivity (Wildman–Crippen MR) is 92.4 cm³/mol. The van der Waals surface area contributed by atoms with E-state index in [1.54, 1.807) is 7.11 Å². The minimum absolute atomic E-state index is 0.0724. The van der Waals surface area contributed by atoms with Crippen molar-refractivity contribution in [3.63, 3.8) is 0 Å². The summed E-state index contributed by atoms with van der Waals surface area (Å²) < 4.78 is 5.23. The monoisotopic (exact) mass is 336 g/mol. The quantitative estimate of drug-likeness (QED) is 0.751. The molecule has 0 spiro atoms. The highest BCUT2D eigenvalue weighted by atomic mass is 16.5. The fraction of sp³-hybridized carbons (Fsp3) is 0.895. The SMILES string of the molecule is COCCC1(C(=O)NC2CCCC(C(=O)NC3CC3)C2)CCCC1. The zero-order chi connectivity index (χ0) is 17.0. The molecule has 3 rings (SSSR count). The first kappa shape index (κ1) is 17.7. The highest BCUT2D eigenvalue weighted by Gasteiger charge is 2.42. The molecule has 0 radical (unpaired) electrons. The van der Waals surface area contributed by atoms with Gasteiger partial charge in [0.2, 0.25) is 11.8 Å². The van der Waals surface area contributed by atoms with E-state index >= 15 is 0 Å². The summed E-state index contributed by atoms with van der Waals surface area (Å²) in [7, 11) is 1.70. The van der Waals surface area contributed by atoms with Gasteiger partial charge >= 0.3 is 0 Å². The van der Waals surface area contributed by atoms with E-state index in [9.17, 15) is 9.59 Å². The summed E-state index contributed by atoms with van der Waals surface area (Å²) in [6.45, 7) is 0.643. The van der Waals surface area contributed by atoms with Gasteiger partial charge in [-0.2, -0.15) is 0 Å². The number of rotatable bonds is 7. The summed E-state index contributed by atoms with van der Waals surface area (Å²) in [5, 5.41) is 6.41. The van der Waals surface area contributed by atoms with E-state index in [1.165, 1.54) is 0 Å². The van der Waals surface area contributed by atoms with Gasteiger partial charge in [-0.1, -0.05) is 19.3 Å². The summed E-state index contributed by atoms with van der Waals surface area (Å²) in [5.41, 5.74) is -0.237. The van der Waals surface area contributed by atoms with Crippen LogP contribution in [-0.4, -0.2) is 37.6 Å². The van der Waals surface area contributed by atoms with Crippen molar-refractivity contribution in [3.05, 3.63) is 0 Å². The first-order chi connectivity index (χ1) is 11.6. The van der Waals surface area contributed by atoms with Crippen molar-refractivity contribution >= 4 is 11.8 Å². The molecule has 3 saturated carbocycles. The third-order valence-electron chi connectivity index (χ3n) is 6.13. The van der Waals surface area contributed by atoms with Gasteiger partial charge in [-0.25, -0.2) is 0 Å². The largest absolute Gasteiger partial charge is 0.385 e. The lowest BCUT2D eigenvalue weighted by molar-refractivity contribution is -0.134. The number of amides is 2. The fourth-order valence-electron chi connectivity index (χ4n) is 4.38. The highest BCUT2D eigenvalue weighted by molar-refractivity contribution is 5.83. The van der Waals surface area contributed by atoms with E-state index in [2.05, 4.69) is 10.6 Å². The first-order valence-corrected chi connectivity index (χ1v) is 9.73. The van der Waals surface area contributed by atoms with E-state index in [-0.39, 0.29) is 29.2 Å². The Morgan fingerprint density at radius 2 is 1.75 bits per heavy atom. The second-order valence-corrected chi connectivity index (χ2v) is 8.05. The summed E-state index contributed by atoms with van der Waals surface area (Å²) in [5.74, 6) is 0.472. The number of carbonyl (C=O) groups is 2. The van der Waals surface area contributed by atoms with Crippen molar-refractivity contribution < 1.29 is 14.3 Å². The highest BCUT2D eigenvalue weighted by Crippen LogP contribution is 2.41. The number of methoxy groups -OCH3 is 1. The van der Waals surface area contributed by atoms with Crippen molar-refractivity contribution in [1.29, 1.82) is 0 Å². The van der Waals surface area contributed by atoms with Gasteiger partial charge in [-0.05, 0) is 51.4 Å². The van der Waals surface area contributed by atoms with Crippen molar-refractivity contribution in [2.45, 2.75) is 82.7 Å². The Hall–Kier alpha value is -1.10. The second-order valence-electron chi connectivity index (χ2n) is 8.05. The molecule has 3 aliphatic rings. The third-order valence-corrected chi connectivity index (χ3v) is 6.13. The molecule has 0 aliphatic heterocycles. The molecule has 0 aromatic rings. The van der Waals surface area contributed by atoms with Crippen LogP contribution in [0.15, 0.2) is 0 Å². The van der Waals surface area contributed by atoms with Crippen molar-refractivity contribution in [2.24, 2.45) is 11.3 Å². The molecule has 0 aromatic carbocycles. The molecule has 136 valence electrons. The minimum Gasteiger partial charge on any atom is -0.385 e. The van der Waals surface area contributed by atoms with Gasteiger partial charge in [-0.15, -0.1) is 0 Å². The zero-order valence-corrected chi connectivity index (χ0v) is 14.9. The van der Waals surface area contributed by atoms with Crippen LogP contribution in [0.1, 0.15) is 70.6 Å². The molecule has 5 heteroatoms. The maximum Gasteiger partial charge on any atom is 0.226 e. The van der Waals surface area contributed by atoms with Gasteiger partial charge in [-0.3, -0.25) is 9.59 Å². The second kappa shape index (κ2) is 7.85. The van der Waals surface area contributed by atoms with Gasteiger partial charge in [0, 0.05) is 31.7 Å². The average molecular weight is 336 g/mol. The van der Waals surface area contributed by atoms with Crippen LogP contribution in [0.5, 0.6) is 0 Å². The summed E-state index contributed by atoms with van der Waals surface area (Å²) >= 11 is 0. The van der Waals surface area contributed by atoms with E-state index in [0.717, 1.165) is 70.6 Å². The molecule has 2 N–H and O–H groups in total. The summed E-state index contributed by atoms with van der Waals surface area (Å²) in [6, 6.07) is 0.574. The Bertz CT molecular complexity index is 456. The van der Waals surface area contributed by atoms with Crippen LogP contribution in [0.3, 0.4) is 0 Å². The molecule has 5 nitrogen and oxygen atoms in total. The molecule has 0 saturated heterocycles. The molecule has 0 aromatic heterocycles. The van der Waals surface area contributed by atoms with Crippen LogP contribution in [0.4, 0.5) is 0 Å². The van der Waals surface area contributed by atoms with E-state index in [0.29, 0.717) is 12.6 Å². The summed E-state index contributed by atoms with van der Waals surface area (Å²) in [6.07, 6.45) is 11.1. The maximum absolute atomic E-state index is 12.9. The Morgan fingerprint density at radius 3 is 2.42 bits per heavy atom. The minimum atomic E-state index is -0.237. The van der Waals surface area contributed by atoms with Crippen LogP contribution in [0.2, 0.25) is 0 Å². The molecule has 24 heavy (non-hydrogen) atoms. The first-order valence-electron chi connectivity index (χ1n) is 9.73. The number of carbonyl (C=O) groups excluding carboxylic acids is 2. The van der Waals surface area contributed by atoms with Crippen LogP contribution < -0.4 is 10.6 Å². The van der Waals surface area contributed by atoms with Gasteiger partial charge in [0.25, 0.3) is 0 Å². The number of nitrogens with one attached hydrogen (secondary N) is 2. The fourth-order valence-corrected chi connectivity index (χ4v) is 4.38. The Balaban J connectivity index is 1.53. The van der Waals surface area contributed by atoms with Crippen LogP contribution in [-0.2, 0) is 14.3 Å². The van der Waals surface area contributed by atoms with Gasteiger partial charge in [0.1, 0.15) is 0 Å². The smallest absolute Gasteiger partial charge is 0.226 e. The molecule has 2 amide bonds. The molecular formula is C19H32N2O3. The van der Waals surface area contributed by atoms with Crippen molar-refractivity contribution in [2.75, 3.05) is 13.7 Å². The van der Waals surface area contributed by atoms with Crippen LogP contribution >= 0.6 is 0 Å². The molecule has 0 bridgehead atoms. The van der Waals surface area contributed by atoms with E-state index in [1.807, 2.05) is 0 Å². The standard InChI is InChI=1S/C19H32N2O3/c1-24-12-11-19(9-2-3-10-19)18(23)21-16-6-4-5-14(13-16)17(22)20-15-7-8-15/h14-16H,2-13H2,1H3,(H,20,22)(H,21,23).